The van der Waals surface area contributed by atoms with Crippen LogP contribution in [-0.2, 0) is 14.8 Å². The van der Waals surface area contributed by atoms with Gasteiger partial charge in [-0.2, -0.15) is 4.31 Å². The molecule has 1 aliphatic rings. The Labute approximate surface area is 155 Å². The average Bonchev–Trinajstić information content (AvgIpc) is 3.33. The van der Waals surface area contributed by atoms with Crippen molar-refractivity contribution in [3.05, 3.63) is 54.0 Å². The standard InChI is InChI=1S/C18H17N3O3S2/c22-17(20-18-19-9-11-25-18)16-6-3-10-21(16)26(23,24)15-8-7-13-4-1-2-5-14(13)12-15/h1-2,4-5,7-9,11-12,16H,3,6,10H2,(H,19,20,22)/t16-/m1/s1. The van der Waals surface area contributed by atoms with Gasteiger partial charge >= 0.3 is 0 Å². The maximum Gasteiger partial charge on any atom is 0.244 e. The quantitative estimate of drug-likeness (QED) is 0.746. The number of carbonyl (C=O) groups excluding carboxylic acids is 1. The van der Waals surface area contributed by atoms with Gasteiger partial charge in [0.1, 0.15) is 6.04 Å². The molecule has 1 amide bonds. The number of fused-ring (bicyclic) bond motifs is 1. The number of nitrogens with one attached hydrogen (secondary N) is 1. The second-order valence-electron chi connectivity index (χ2n) is 6.11. The molecule has 0 radical (unpaired) electrons. The lowest BCUT2D eigenvalue weighted by molar-refractivity contribution is -0.119. The fourth-order valence-electron chi connectivity index (χ4n) is 3.23. The normalized spacial score (nSPS) is 18.2. The van der Waals surface area contributed by atoms with Gasteiger partial charge in [0, 0.05) is 18.1 Å². The Morgan fingerprint density at radius 2 is 2.00 bits per heavy atom. The van der Waals surface area contributed by atoms with Crippen molar-refractivity contribution in [2.24, 2.45) is 0 Å². The van der Waals surface area contributed by atoms with Gasteiger partial charge in [0.2, 0.25) is 15.9 Å². The van der Waals surface area contributed by atoms with Crippen molar-refractivity contribution in [1.82, 2.24) is 9.29 Å². The Hall–Kier alpha value is -2.29. The molecule has 1 saturated heterocycles. The first-order chi connectivity index (χ1) is 12.6. The van der Waals surface area contributed by atoms with Crippen LogP contribution in [0.3, 0.4) is 0 Å². The van der Waals surface area contributed by atoms with Gasteiger partial charge in [-0.25, -0.2) is 13.4 Å². The van der Waals surface area contributed by atoms with Gasteiger partial charge in [-0.05, 0) is 35.7 Å². The van der Waals surface area contributed by atoms with Gasteiger partial charge in [-0.3, -0.25) is 4.79 Å². The van der Waals surface area contributed by atoms with Crippen molar-refractivity contribution >= 4 is 43.2 Å². The molecule has 6 nitrogen and oxygen atoms in total. The first-order valence-corrected chi connectivity index (χ1v) is 10.6. The number of nitrogens with zero attached hydrogens (tertiary/aromatic N) is 2. The summed E-state index contributed by atoms with van der Waals surface area (Å²) in [5.41, 5.74) is 0. The number of aromatic nitrogens is 1. The van der Waals surface area contributed by atoms with Crippen LogP contribution >= 0.6 is 11.3 Å². The fraction of sp³-hybridized carbons (Fsp3) is 0.222. The molecule has 0 spiro atoms. The van der Waals surface area contributed by atoms with Crippen molar-refractivity contribution in [3.8, 4) is 0 Å². The first kappa shape index (κ1) is 17.1. The van der Waals surface area contributed by atoms with Crippen LogP contribution in [0.2, 0.25) is 0 Å². The zero-order valence-electron chi connectivity index (χ0n) is 13.8. The van der Waals surface area contributed by atoms with E-state index in [1.807, 2.05) is 24.3 Å². The number of anilines is 1. The van der Waals surface area contributed by atoms with E-state index < -0.39 is 16.1 Å². The summed E-state index contributed by atoms with van der Waals surface area (Å²) in [6.07, 6.45) is 2.76. The summed E-state index contributed by atoms with van der Waals surface area (Å²) in [6.45, 7) is 0.338. The minimum absolute atomic E-state index is 0.213. The number of hydrogen-bond donors (Lipinski definition) is 1. The number of benzene rings is 2. The maximum atomic E-state index is 13.1. The van der Waals surface area contributed by atoms with E-state index in [0.717, 1.165) is 10.8 Å². The average molecular weight is 387 g/mol. The van der Waals surface area contributed by atoms with Crippen LogP contribution in [-0.4, -0.2) is 36.2 Å². The van der Waals surface area contributed by atoms with Gasteiger partial charge in [0.25, 0.3) is 0 Å². The molecule has 4 rings (SSSR count). The van der Waals surface area contributed by atoms with E-state index in [9.17, 15) is 13.2 Å². The molecular formula is C18H17N3O3S2. The molecule has 1 fully saturated rings. The molecule has 2 aromatic carbocycles. The van der Waals surface area contributed by atoms with Crippen LogP contribution in [0.4, 0.5) is 5.13 Å². The van der Waals surface area contributed by atoms with Crippen molar-refractivity contribution < 1.29 is 13.2 Å². The van der Waals surface area contributed by atoms with Gasteiger partial charge in [-0.1, -0.05) is 30.3 Å². The third kappa shape index (κ3) is 3.11. The Bertz CT molecular complexity index is 1050. The number of hydrogen-bond acceptors (Lipinski definition) is 5. The highest BCUT2D eigenvalue weighted by Crippen LogP contribution is 2.29. The lowest BCUT2D eigenvalue weighted by Crippen LogP contribution is -2.43. The summed E-state index contributed by atoms with van der Waals surface area (Å²) in [6, 6.07) is 12.0. The van der Waals surface area contributed by atoms with Crippen LogP contribution in [0.25, 0.3) is 10.8 Å². The Balaban J connectivity index is 1.63. The molecule has 1 N–H and O–H groups in total. The fourth-order valence-corrected chi connectivity index (χ4v) is 5.45. The second kappa shape index (κ2) is 6.79. The van der Waals surface area contributed by atoms with E-state index in [-0.39, 0.29) is 10.8 Å². The summed E-state index contributed by atoms with van der Waals surface area (Å²) >= 11 is 1.31. The Morgan fingerprint density at radius 3 is 2.77 bits per heavy atom. The van der Waals surface area contributed by atoms with Crippen molar-refractivity contribution in [2.45, 2.75) is 23.8 Å². The van der Waals surface area contributed by atoms with E-state index in [1.165, 1.54) is 15.6 Å². The monoisotopic (exact) mass is 387 g/mol. The summed E-state index contributed by atoms with van der Waals surface area (Å²) in [5.74, 6) is -0.332. The largest absolute Gasteiger partial charge is 0.301 e. The van der Waals surface area contributed by atoms with E-state index in [4.69, 9.17) is 0 Å². The van der Waals surface area contributed by atoms with Crippen LogP contribution < -0.4 is 5.32 Å². The maximum absolute atomic E-state index is 13.1. The molecule has 1 aliphatic heterocycles. The number of rotatable bonds is 4. The number of amides is 1. The van der Waals surface area contributed by atoms with E-state index in [1.54, 1.807) is 29.8 Å². The molecule has 26 heavy (non-hydrogen) atoms. The highest BCUT2D eigenvalue weighted by atomic mass is 32.2. The molecular weight excluding hydrogens is 370 g/mol. The van der Waals surface area contributed by atoms with Crippen LogP contribution in [0.1, 0.15) is 12.8 Å². The van der Waals surface area contributed by atoms with Crippen molar-refractivity contribution in [2.75, 3.05) is 11.9 Å². The molecule has 1 aromatic heterocycles. The molecule has 0 saturated carbocycles. The van der Waals surface area contributed by atoms with Crippen molar-refractivity contribution in [1.29, 1.82) is 0 Å². The molecule has 3 aromatic rings. The van der Waals surface area contributed by atoms with E-state index >= 15 is 0 Å². The second-order valence-corrected chi connectivity index (χ2v) is 8.89. The lowest BCUT2D eigenvalue weighted by atomic mass is 10.1. The van der Waals surface area contributed by atoms with Crippen LogP contribution in [0.5, 0.6) is 0 Å². The van der Waals surface area contributed by atoms with Gasteiger partial charge in [0.15, 0.2) is 5.13 Å². The minimum atomic E-state index is -3.75. The number of thiazole rings is 1. The molecule has 134 valence electrons. The number of carbonyl (C=O) groups is 1. The SMILES string of the molecule is O=C(Nc1nccs1)[C@H]1CCCN1S(=O)(=O)c1ccc2ccccc2c1. The molecule has 1 atom stereocenters. The highest BCUT2D eigenvalue weighted by molar-refractivity contribution is 7.89. The van der Waals surface area contributed by atoms with Gasteiger partial charge in [0.05, 0.1) is 4.90 Å². The third-order valence-electron chi connectivity index (χ3n) is 4.50. The number of sulfonamides is 1. The smallest absolute Gasteiger partial charge is 0.244 e. The van der Waals surface area contributed by atoms with Crippen molar-refractivity contribution in [3.63, 3.8) is 0 Å². The van der Waals surface area contributed by atoms with E-state index in [2.05, 4.69) is 10.3 Å². The zero-order valence-corrected chi connectivity index (χ0v) is 15.5. The van der Waals surface area contributed by atoms with Crippen LogP contribution in [0.15, 0.2) is 58.9 Å². The molecule has 2 heterocycles. The summed E-state index contributed by atoms with van der Waals surface area (Å²) in [4.78, 5) is 16.8. The predicted molar refractivity (Wildman–Crippen MR) is 102 cm³/mol. The molecule has 8 heteroatoms. The Morgan fingerprint density at radius 1 is 1.19 bits per heavy atom. The van der Waals surface area contributed by atoms with Crippen LogP contribution in [0, 0.1) is 0 Å². The van der Waals surface area contributed by atoms with Gasteiger partial charge < -0.3 is 5.32 Å². The van der Waals surface area contributed by atoms with Gasteiger partial charge in [-0.15, -0.1) is 11.3 Å². The molecule has 0 bridgehead atoms. The first-order valence-electron chi connectivity index (χ1n) is 8.27. The minimum Gasteiger partial charge on any atom is -0.301 e. The zero-order chi connectivity index (χ0) is 18.1. The summed E-state index contributed by atoms with van der Waals surface area (Å²) in [7, 11) is -3.75. The predicted octanol–water partition coefficient (Wildman–Crippen LogP) is 3.09. The Kier molecular flexibility index (Phi) is 4.47. The topological polar surface area (TPSA) is 79.4 Å². The third-order valence-corrected chi connectivity index (χ3v) is 7.09. The lowest BCUT2D eigenvalue weighted by Gasteiger charge is -2.23. The highest BCUT2D eigenvalue weighted by Gasteiger charge is 2.39. The summed E-state index contributed by atoms with van der Waals surface area (Å²) < 4.78 is 27.6. The molecule has 0 unspecified atom stereocenters. The summed E-state index contributed by atoms with van der Waals surface area (Å²) in [5, 5.41) is 6.78. The molecule has 0 aliphatic carbocycles. The van der Waals surface area contributed by atoms with E-state index in [0.29, 0.717) is 24.5 Å².